The number of aromatic nitrogens is 3. The number of hydrogen-bond acceptors (Lipinski definition) is 3. The van der Waals surface area contributed by atoms with Gasteiger partial charge in [-0.2, -0.15) is 5.10 Å². The Labute approximate surface area is 109 Å². The molecule has 0 saturated heterocycles. The molecule has 0 spiro atoms. The Balaban J connectivity index is 3.13. The summed E-state index contributed by atoms with van der Waals surface area (Å²) < 4.78 is 2.84. The molecule has 1 rings (SSSR count). The van der Waals surface area contributed by atoms with E-state index in [0.717, 1.165) is 25.7 Å². The molecule has 0 radical (unpaired) electrons. The summed E-state index contributed by atoms with van der Waals surface area (Å²) in [6.07, 6.45) is 3.63. The molecule has 1 heterocycles. The maximum atomic E-state index is 12.0. The molecule has 96 valence electrons. The minimum absolute atomic E-state index is 0.212. The van der Waals surface area contributed by atoms with E-state index in [9.17, 15) is 9.59 Å². The number of hydrogen-bond donors (Lipinski definition) is 0. The molecule has 0 N–H and O–H groups in total. The topological polar surface area (TPSA) is 56.9 Å². The third kappa shape index (κ3) is 3.52. The Morgan fingerprint density at radius 1 is 1.12 bits per heavy atom. The van der Waals surface area contributed by atoms with E-state index in [2.05, 4.69) is 21.0 Å². The van der Waals surface area contributed by atoms with Crippen LogP contribution in [0.15, 0.2) is 14.2 Å². The van der Waals surface area contributed by atoms with Crippen molar-refractivity contribution in [3.8, 4) is 0 Å². The third-order valence-electron chi connectivity index (χ3n) is 2.54. The van der Waals surface area contributed by atoms with Crippen molar-refractivity contribution in [1.29, 1.82) is 0 Å². The van der Waals surface area contributed by atoms with Crippen LogP contribution < -0.4 is 11.2 Å². The molecular weight excluding hydrogens is 286 g/mol. The van der Waals surface area contributed by atoms with Crippen molar-refractivity contribution in [2.75, 3.05) is 0 Å². The van der Waals surface area contributed by atoms with E-state index in [1.165, 1.54) is 9.25 Å². The predicted octanol–water partition coefficient (Wildman–Crippen LogP) is 1.77. The lowest BCUT2D eigenvalue weighted by Gasteiger charge is -2.08. The molecule has 1 aromatic rings. The van der Waals surface area contributed by atoms with E-state index in [0.29, 0.717) is 13.1 Å². The molecule has 0 aromatic carbocycles. The highest BCUT2D eigenvalue weighted by Crippen LogP contribution is 1.97. The highest BCUT2D eigenvalue weighted by Gasteiger charge is 2.10. The van der Waals surface area contributed by atoms with Gasteiger partial charge in [0.2, 0.25) is 0 Å². The Hall–Kier alpha value is -0.910. The normalized spacial score (nSPS) is 10.8. The summed E-state index contributed by atoms with van der Waals surface area (Å²) in [6, 6.07) is 0. The molecule has 0 amide bonds. The van der Waals surface area contributed by atoms with Gasteiger partial charge in [0, 0.05) is 13.1 Å². The highest BCUT2D eigenvalue weighted by atomic mass is 79.9. The van der Waals surface area contributed by atoms with Crippen molar-refractivity contribution in [3.05, 3.63) is 25.4 Å². The fourth-order valence-electron chi connectivity index (χ4n) is 1.50. The van der Waals surface area contributed by atoms with Gasteiger partial charge in [0.1, 0.15) is 0 Å². The van der Waals surface area contributed by atoms with E-state index in [1.807, 2.05) is 13.8 Å². The van der Waals surface area contributed by atoms with E-state index >= 15 is 0 Å². The number of rotatable bonds is 6. The minimum atomic E-state index is -0.337. The molecule has 0 atom stereocenters. The molecule has 0 aliphatic rings. The second-order valence-corrected chi connectivity index (χ2v) is 4.71. The quantitative estimate of drug-likeness (QED) is 0.805. The van der Waals surface area contributed by atoms with Crippen LogP contribution in [0, 0.1) is 0 Å². The van der Waals surface area contributed by atoms with Crippen LogP contribution in [0.5, 0.6) is 0 Å². The zero-order valence-corrected chi connectivity index (χ0v) is 11.9. The lowest BCUT2D eigenvalue weighted by atomic mass is 10.3. The lowest BCUT2D eigenvalue weighted by Crippen LogP contribution is -2.42. The van der Waals surface area contributed by atoms with Gasteiger partial charge in [0.25, 0.3) is 5.56 Å². The number of aryl methyl sites for hydroxylation is 1. The van der Waals surface area contributed by atoms with Crippen LogP contribution in [0.4, 0.5) is 0 Å². The Bertz CT molecular complexity index is 479. The second kappa shape index (κ2) is 6.74. The summed E-state index contributed by atoms with van der Waals surface area (Å²) in [5, 5.41) is 3.97. The summed E-state index contributed by atoms with van der Waals surface area (Å²) in [5.41, 5.74) is -0.642. The second-order valence-electron chi connectivity index (χ2n) is 3.96. The first-order valence-electron chi connectivity index (χ1n) is 5.99. The van der Waals surface area contributed by atoms with E-state index in [-0.39, 0.29) is 15.9 Å². The van der Waals surface area contributed by atoms with Crippen molar-refractivity contribution in [2.45, 2.75) is 52.6 Å². The van der Waals surface area contributed by atoms with Crippen LogP contribution in [0.25, 0.3) is 0 Å². The van der Waals surface area contributed by atoms with Gasteiger partial charge in [-0.25, -0.2) is 9.48 Å². The van der Waals surface area contributed by atoms with Crippen molar-refractivity contribution in [3.63, 3.8) is 0 Å². The van der Waals surface area contributed by atoms with Gasteiger partial charge in [-0.3, -0.25) is 9.36 Å². The Morgan fingerprint density at radius 3 is 2.29 bits per heavy atom. The van der Waals surface area contributed by atoms with Crippen LogP contribution in [0.2, 0.25) is 0 Å². The lowest BCUT2D eigenvalue weighted by molar-refractivity contribution is 0.462. The Morgan fingerprint density at radius 2 is 1.71 bits per heavy atom. The molecule has 6 heteroatoms. The van der Waals surface area contributed by atoms with Crippen LogP contribution >= 0.6 is 15.9 Å². The van der Waals surface area contributed by atoms with Gasteiger partial charge >= 0.3 is 5.69 Å². The largest absolute Gasteiger partial charge is 0.347 e. The monoisotopic (exact) mass is 303 g/mol. The Kier molecular flexibility index (Phi) is 5.61. The number of halogens is 1. The molecule has 0 unspecified atom stereocenters. The average molecular weight is 304 g/mol. The SMILES string of the molecule is CCCCn1nc(Br)c(=O)n(CCCC)c1=O. The predicted molar refractivity (Wildman–Crippen MR) is 70.3 cm³/mol. The first-order valence-corrected chi connectivity index (χ1v) is 6.78. The summed E-state index contributed by atoms with van der Waals surface area (Å²) in [5.74, 6) is 0. The van der Waals surface area contributed by atoms with Gasteiger partial charge in [-0.1, -0.05) is 26.7 Å². The minimum Gasteiger partial charge on any atom is -0.266 e. The van der Waals surface area contributed by atoms with Crippen molar-refractivity contribution >= 4 is 15.9 Å². The number of nitrogens with zero attached hydrogens (tertiary/aromatic N) is 3. The van der Waals surface area contributed by atoms with Crippen LogP contribution in [0.1, 0.15) is 39.5 Å². The highest BCUT2D eigenvalue weighted by molar-refractivity contribution is 9.10. The molecule has 1 aromatic heterocycles. The first kappa shape index (κ1) is 14.2. The van der Waals surface area contributed by atoms with Crippen LogP contribution in [0.3, 0.4) is 0 Å². The van der Waals surface area contributed by atoms with Crippen molar-refractivity contribution in [1.82, 2.24) is 14.3 Å². The molecular formula is C11H18BrN3O2. The van der Waals surface area contributed by atoms with Gasteiger partial charge < -0.3 is 0 Å². The smallest absolute Gasteiger partial charge is 0.266 e. The molecule has 0 saturated carbocycles. The van der Waals surface area contributed by atoms with Crippen molar-refractivity contribution in [2.24, 2.45) is 0 Å². The molecule has 0 fully saturated rings. The molecule has 17 heavy (non-hydrogen) atoms. The molecule has 0 aliphatic heterocycles. The maximum absolute atomic E-state index is 12.0. The van der Waals surface area contributed by atoms with Crippen molar-refractivity contribution < 1.29 is 0 Å². The van der Waals surface area contributed by atoms with Crippen LogP contribution in [-0.2, 0) is 13.1 Å². The first-order chi connectivity index (χ1) is 8.11. The van der Waals surface area contributed by atoms with E-state index < -0.39 is 0 Å². The zero-order valence-electron chi connectivity index (χ0n) is 10.3. The zero-order chi connectivity index (χ0) is 12.8. The molecule has 5 nitrogen and oxygen atoms in total. The fourth-order valence-corrected chi connectivity index (χ4v) is 1.90. The average Bonchev–Trinajstić information content (AvgIpc) is 2.32. The summed E-state index contributed by atoms with van der Waals surface area (Å²) in [4.78, 5) is 23.8. The van der Waals surface area contributed by atoms with Gasteiger partial charge in [0.15, 0.2) is 4.60 Å². The van der Waals surface area contributed by atoms with Crippen LogP contribution in [-0.4, -0.2) is 14.3 Å². The summed E-state index contributed by atoms with van der Waals surface area (Å²) in [7, 11) is 0. The van der Waals surface area contributed by atoms with E-state index in [1.54, 1.807) is 0 Å². The number of unbranched alkanes of at least 4 members (excludes halogenated alkanes) is 2. The standard InChI is InChI=1S/C11H18BrN3O2/c1-3-5-7-14-10(16)9(12)13-15(11(14)17)8-6-4-2/h3-8H2,1-2H3. The summed E-state index contributed by atoms with van der Waals surface area (Å²) in [6.45, 7) is 5.09. The van der Waals surface area contributed by atoms with Gasteiger partial charge in [-0.05, 0) is 28.8 Å². The van der Waals surface area contributed by atoms with Gasteiger partial charge in [-0.15, -0.1) is 0 Å². The molecule has 0 bridgehead atoms. The summed E-state index contributed by atoms with van der Waals surface area (Å²) >= 11 is 3.11. The molecule has 0 aliphatic carbocycles. The van der Waals surface area contributed by atoms with Gasteiger partial charge in [0.05, 0.1) is 0 Å². The van der Waals surface area contributed by atoms with E-state index in [4.69, 9.17) is 0 Å². The fraction of sp³-hybridized carbons (Fsp3) is 0.727. The third-order valence-corrected chi connectivity index (χ3v) is 3.04. The maximum Gasteiger partial charge on any atom is 0.347 e.